The zero-order valence-corrected chi connectivity index (χ0v) is 28.2. The predicted octanol–water partition coefficient (Wildman–Crippen LogP) is 8.49. The van der Waals surface area contributed by atoms with Gasteiger partial charge in [-0.25, -0.2) is 0 Å². The number of methoxy groups -OCH3 is 1. The number of hydrogen-bond donors (Lipinski definition) is 3. The van der Waals surface area contributed by atoms with Crippen molar-refractivity contribution in [2.75, 3.05) is 7.11 Å². The van der Waals surface area contributed by atoms with E-state index < -0.39 is 13.6 Å². The Bertz CT molecular complexity index is 1180. The Labute approximate surface area is 265 Å². The number of aryl methyl sites for hydroxylation is 1. The Hall–Kier alpha value is -2.67. The second-order valence-electron chi connectivity index (χ2n) is 11.8. The van der Waals surface area contributed by atoms with Gasteiger partial charge >= 0.3 is 7.60 Å². The maximum Gasteiger partial charge on any atom is 0.348 e. The SMILES string of the molecule is CCCCCCCCCCCCCCCC(=O)N[C@@H](C=CP(=O)(O)O)Cc1ccc(OCc2ncc(C)c(OC)c2C)cc1. The van der Waals surface area contributed by atoms with E-state index in [2.05, 4.69) is 17.2 Å². The molecule has 0 saturated carbocycles. The molecule has 2 rings (SSSR count). The van der Waals surface area contributed by atoms with Crippen molar-refractivity contribution in [2.45, 2.75) is 130 Å². The lowest BCUT2D eigenvalue weighted by molar-refractivity contribution is -0.121. The topological polar surface area (TPSA) is 118 Å². The first-order chi connectivity index (χ1) is 21.1. The quantitative estimate of drug-likeness (QED) is 0.0832. The van der Waals surface area contributed by atoms with Gasteiger partial charge in [0.1, 0.15) is 18.1 Å². The summed E-state index contributed by atoms with van der Waals surface area (Å²) in [5.74, 6) is 2.23. The van der Waals surface area contributed by atoms with Crippen molar-refractivity contribution < 1.29 is 28.6 Å². The number of unbranched alkanes of at least 4 members (excludes halogenated alkanes) is 12. The van der Waals surface area contributed by atoms with Crippen LogP contribution in [-0.2, 0) is 22.4 Å². The second-order valence-corrected chi connectivity index (χ2v) is 13.3. The zero-order valence-electron chi connectivity index (χ0n) is 27.4. The second kappa shape index (κ2) is 21.1. The first-order valence-corrected chi connectivity index (χ1v) is 18.1. The summed E-state index contributed by atoms with van der Waals surface area (Å²) in [6.07, 6.45) is 20.1. The molecule has 0 radical (unpaired) electrons. The van der Waals surface area contributed by atoms with E-state index in [9.17, 15) is 19.1 Å². The molecule has 0 unspecified atom stereocenters. The van der Waals surface area contributed by atoms with E-state index in [1.807, 2.05) is 38.1 Å². The average molecular weight is 631 g/mol. The molecular weight excluding hydrogens is 575 g/mol. The molecule has 0 aliphatic heterocycles. The average Bonchev–Trinajstić information content (AvgIpc) is 2.98. The van der Waals surface area contributed by atoms with Crippen LogP contribution in [0.5, 0.6) is 11.5 Å². The lowest BCUT2D eigenvalue weighted by Gasteiger charge is -2.16. The van der Waals surface area contributed by atoms with Gasteiger partial charge in [-0.1, -0.05) is 102 Å². The fraction of sp³-hybridized carbons (Fsp3) is 0.600. The molecule has 0 spiro atoms. The fourth-order valence-electron chi connectivity index (χ4n) is 5.31. The largest absolute Gasteiger partial charge is 0.496 e. The molecule has 1 atom stereocenters. The number of ether oxygens (including phenoxy) is 2. The fourth-order valence-corrected chi connectivity index (χ4v) is 5.74. The minimum Gasteiger partial charge on any atom is -0.496 e. The van der Waals surface area contributed by atoms with E-state index in [0.717, 1.165) is 53.2 Å². The first-order valence-electron chi connectivity index (χ1n) is 16.4. The van der Waals surface area contributed by atoms with E-state index in [1.165, 1.54) is 70.3 Å². The summed E-state index contributed by atoms with van der Waals surface area (Å²) in [5, 5.41) is 2.94. The molecule has 0 fully saturated rings. The Morgan fingerprint density at radius 3 is 2.05 bits per heavy atom. The third-order valence-electron chi connectivity index (χ3n) is 7.87. The molecule has 1 aromatic heterocycles. The van der Waals surface area contributed by atoms with Crippen molar-refractivity contribution in [1.82, 2.24) is 10.3 Å². The number of carbonyl (C=O) groups is 1. The molecule has 44 heavy (non-hydrogen) atoms. The molecule has 3 N–H and O–H groups in total. The normalized spacial score (nSPS) is 12.4. The van der Waals surface area contributed by atoms with E-state index in [1.54, 1.807) is 13.3 Å². The number of pyridine rings is 1. The summed E-state index contributed by atoms with van der Waals surface area (Å²) in [7, 11) is -2.70. The van der Waals surface area contributed by atoms with Crippen LogP contribution in [0.3, 0.4) is 0 Å². The smallest absolute Gasteiger partial charge is 0.348 e. The summed E-state index contributed by atoms with van der Waals surface area (Å²) in [5.41, 5.74) is 3.62. The van der Waals surface area contributed by atoms with Gasteiger partial charge in [-0.3, -0.25) is 14.3 Å². The van der Waals surface area contributed by atoms with E-state index in [-0.39, 0.29) is 5.91 Å². The van der Waals surface area contributed by atoms with Crippen LogP contribution in [0.2, 0.25) is 0 Å². The van der Waals surface area contributed by atoms with Crippen molar-refractivity contribution in [3.8, 4) is 11.5 Å². The highest BCUT2D eigenvalue weighted by Gasteiger charge is 2.14. The number of hydrogen-bond acceptors (Lipinski definition) is 5. The Kier molecular flexibility index (Phi) is 18.0. The van der Waals surface area contributed by atoms with Crippen molar-refractivity contribution in [1.29, 1.82) is 0 Å². The zero-order chi connectivity index (χ0) is 32.2. The number of nitrogens with one attached hydrogen (secondary N) is 1. The van der Waals surface area contributed by atoms with Crippen LogP contribution in [0.15, 0.2) is 42.4 Å². The first kappa shape index (κ1) is 37.5. The van der Waals surface area contributed by atoms with E-state index >= 15 is 0 Å². The Morgan fingerprint density at radius 1 is 0.932 bits per heavy atom. The monoisotopic (exact) mass is 630 g/mol. The number of amides is 1. The van der Waals surface area contributed by atoms with Gasteiger partial charge in [-0.05, 0) is 44.4 Å². The number of benzene rings is 1. The van der Waals surface area contributed by atoms with Crippen LogP contribution in [0.4, 0.5) is 0 Å². The molecule has 0 aliphatic carbocycles. The highest BCUT2D eigenvalue weighted by molar-refractivity contribution is 7.55. The molecule has 0 aliphatic rings. The number of carbonyl (C=O) groups excluding carboxylic acids is 1. The highest BCUT2D eigenvalue weighted by Crippen LogP contribution is 2.36. The molecule has 246 valence electrons. The molecular formula is C35H55N2O6P. The van der Waals surface area contributed by atoms with E-state index in [0.29, 0.717) is 25.2 Å². The lowest BCUT2D eigenvalue weighted by Crippen LogP contribution is -2.34. The van der Waals surface area contributed by atoms with Gasteiger partial charge in [0.2, 0.25) is 5.91 Å². The van der Waals surface area contributed by atoms with Gasteiger partial charge in [0.25, 0.3) is 0 Å². The summed E-state index contributed by atoms with van der Waals surface area (Å²) in [4.78, 5) is 35.8. The van der Waals surface area contributed by atoms with E-state index in [4.69, 9.17) is 9.47 Å². The molecule has 8 nitrogen and oxygen atoms in total. The third-order valence-corrected chi connectivity index (χ3v) is 8.43. The van der Waals surface area contributed by atoms with Gasteiger partial charge in [0.15, 0.2) is 0 Å². The Morgan fingerprint density at radius 2 is 1.50 bits per heavy atom. The Balaban J connectivity index is 1.76. The molecule has 9 heteroatoms. The lowest BCUT2D eigenvalue weighted by atomic mass is 10.0. The molecule has 2 aromatic rings. The van der Waals surface area contributed by atoms with Crippen LogP contribution >= 0.6 is 7.60 Å². The van der Waals surface area contributed by atoms with Crippen molar-refractivity contribution >= 4 is 13.5 Å². The van der Waals surface area contributed by atoms with Crippen LogP contribution in [0.25, 0.3) is 0 Å². The maximum atomic E-state index is 12.7. The van der Waals surface area contributed by atoms with Gasteiger partial charge in [0, 0.05) is 29.6 Å². The van der Waals surface area contributed by atoms with Crippen molar-refractivity contribution in [3.05, 3.63) is 64.7 Å². The number of nitrogens with zero attached hydrogens (tertiary/aromatic N) is 1. The number of aromatic nitrogens is 1. The molecule has 1 amide bonds. The van der Waals surface area contributed by atoms with Crippen LogP contribution in [0, 0.1) is 13.8 Å². The molecule has 0 saturated heterocycles. The van der Waals surface area contributed by atoms with Crippen molar-refractivity contribution in [2.24, 2.45) is 0 Å². The molecule has 1 heterocycles. The minimum atomic E-state index is -4.35. The van der Waals surface area contributed by atoms with Gasteiger partial charge in [0.05, 0.1) is 18.8 Å². The molecule has 0 bridgehead atoms. The van der Waals surface area contributed by atoms with Gasteiger partial charge in [-0.15, -0.1) is 0 Å². The van der Waals surface area contributed by atoms with Gasteiger partial charge in [-0.2, -0.15) is 0 Å². The predicted molar refractivity (Wildman–Crippen MR) is 178 cm³/mol. The number of rotatable bonds is 23. The van der Waals surface area contributed by atoms with Crippen molar-refractivity contribution in [3.63, 3.8) is 0 Å². The van der Waals surface area contributed by atoms with Crippen LogP contribution in [0.1, 0.15) is 119 Å². The highest BCUT2D eigenvalue weighted by atomic mass is 31.2. The molecule has 1 aromatic carbocycles. The maximum absolute atomic E-state index is 12.7. The van der Waals surface area contributed by atoms with Gasteiger partial charge < -0.3 is 24.6 Å². The van der Waals surface area contributed by atoms with Crippen LogP contribution < -0.4 is 14.8 Å². The third kappa shape index (κ3) is 15.9. The standard InChI is InChI=1S/C35H55N2O6P/c1-5-6-7-8-9-10-11-12-13-14-15-16-17-18-34(38)37-31(23-24-44(39,40)41)25-30-19-21-32(22-20-30)43-27-33-29(3)35(42-4)28(2)26-36-33/h19-24,26,31H,5-18,25,27H2,1-4H3,(H,37,38)(H2,39,40,41)/t31-/m0/s1. The minimum absolute atomic E-state index is 0.107. The summed E-state index contributed by atoms with van der Waals surface area (Å²) < 4.78 is 22.9. The summed E-state index contributed by atoms with van der Waals surface area (Å²) >= 11 is 0. The van der Waals surface area contributed by atoms with Crippen LogP contribution in [-0.4, -0.2) is 33.8 Å². The summed E-state index contributed by atoms with van der Waals surface area (Å²) in [6, 6.07) is 6.94. The summed E-state index contributed by atoms with van der Waals surface area (Å²) in [6.45, 7) is 6.46.